The van der Waals surface area contributed by atoms with Crippen molar-refractivity contribution in [3.05, 3.63) is 20.7 Å². The minimum absolute atomic E-state index is 0.0506. The molecule has 1 aromatic heterocycles. The molecule has 1 saturated heterocycles. The second kappa shape index (κ2) is 5.41. The topological polar surface area (TPSA) is 121 Å². The number of aromatic amines is 1. The molecule has 2 heterocycles. The molecule has 0 radical (unpaired) electrons. The largest absolute Gasteiger partial charge is 0.479 e. The standard InChI is InChI=1S/C10H13N3O5S/c14-7(15)10(1-2-18-5-10)13-8(16)11-3-6-4-19-9(17)12-6/h4H,1-3,5H2,(H,12,17)(H,14,15)(H2,11,13,16). The Hall–Kier alpha value is -1.87. The smallest absolute Gasteiger partial charge is 0.332 e. The lowest BCUT2D eigenvalue weighted by atomic mass is 9.99. The zero-order valence-corrected chi connectivity index (χ0v) is 10.7. The van der Waals surface area contributed by atoms with Crippen molar-refractivity contribution in [2.24, 2.45) is 0 Å². The molecule has 2 amide bonds. The van der Waals surface area contributed by atoms with E-state index in [0.29, 0.717) is 12.3 Å². The molecular formula is C10H13N3O5S. The number of aromatic nitrogens is 1. The number of rotatable bonds is 4. The van der Waals surface area contributed by atoms with E-state index in [1.165, 1.54) is 0 Å². The number of carboxylic acids is 1. The van der Waals surface area contributed by atoms with E-state index in [4.69, 9.17) is 9.84 Å². The van der Waals surface area contributed by atoms with Gasteiger partial charge in [-0.1, -0.05) is 11.3 Å². The summed E-state index contributed by atoms with van der Waals surface area (Å²) in [7, 11) is 0. The number of nitrogens with one attached hydrogen (secondary N) is 3. The Morgan fingerprint density at radius 1 is 1.58 bits per heavy atom. The molecule has 2 rings (SSSR count). The second-order valence-electron chi connectivity index (χ2n) is 4.17. The number of hydrogen-bond acceptors (Lipinski definition) is 5. The lowest BCUT2D eigenvalue weighted by Crippen LogP contribution is -2.57. The van der Waals surface area contributed by atoms with Gasteiger partial charge in [0.25, 0.3) is 0 Å². The van der Waals surface area contributed by atoms with Crippen LogP contribution in [-0.4, -0.2) is 40.8 Å². The van der Waals surface area contributed by atoms with Crippen LogP contribution in [0.3, 0.4) is 0 Å². The maximum absolute atomic E-state index is 11.7. The third kappa shape index (κ3) is 3.12. The molecule has 9 heteroatoms. The Bertz CT molecular complexity index is 531. The van der Waals surface area contributed by atoms with Crippen LogP contribution in [0.1, 0.15) is 12.1 Å². The van der Waals surface area contributed by atoms with Gasteiger partial charge in [-0.05, 0) is 0 Å². The van der Waals surface area contributed by atoms with E-state index in [2.05, 4.69) is 15.6 Å². The van der Waals surface area contributed by atoms with Gasteiger partial charge in [-0.15, -0.1) is 0 Å². The zero-order chi connectivity index (χ0) is 13.9. The summed E-state index contributed by atoms with van der Waals surface area (Å²) in [5.74, 6) is -1.12. The van der Waals surface area contributed by atoms with Crippen LogP contribution >= 0.6 is 11.3 Å². The molecule has 1 atom stereocenters. The third-order valence-corrected chi connectivity index (χ3v) is 3.51. The van der Waals surface area contributed by atoms with E-state index in [-0.39, 0.29) is 24.4 Å². The van der Waals surface area contributed by atoms with Gasteiger partial charge in [-0.25, -0.2) is 9.59 Å². The minimum Gasteiger partial charge on any atom is -0.479 e. The summed E-state index contributed by atoms with van der Waals surface area (Å²) < 4.78 is 5.02. The number of carboxylic acid groups (broad SMARTS) is 1. The first-order valence-electron chi connectivity index (χ1n) is 5.56. The fourth-order valence-electron chi connectivity index (χ4n) is 1.72. The summed E-state index contributed by atoms with van der Waals surface area (Å²) in [5, 5.41) is 15.6. The van der Waals surface area contributed by atoms with E-state index in [1.807, 2.05) is 0 Å². The lowest BCUT2D eigenvalue weighted by molar-refractivity contribution is -0.144. The third-order valence-electron chi connectivity index (χ3n) is 2.79. The number of H-pyrrole nitrogens is 1. The number of hydrogen-bond donors (Lipinski definition) is 4. The van der Waals surface area contributed by atoms with E-state index < -0.39 is 17.5 Å². The van der Waals surface area contributed by atoms with Gasteiger partial charge in [0, 0.05) is 24.1 Å². The Morgan fingerprint density at radius 2 is 2.37 bits per heavy atom. The summed E-state index contributed by atoms with van der Waals surface area (Å²) in [6, 6.07) is -0.611. The van der Waals surface area contributed by atoms with Crippen molar-refractivity contribution in [3.8, 4) is 0 Å². The van der Waals surface area contributed by atoms with Crippen LogP contribution in [0.5, 0.6) is 0 Å². The molecule has 0 aliphatic carbocycles. The van der Waals surface area contributed by atoms with Gasteiger partial charge in [0.15, 0.2) is 5.54 Å². The first-order valence-corrected chi connectivity index (χ1v) is 6.44. The first kappa shape index (κ1) is 13.6. The number of thiazole rings is 1. The van der Waals surface area contributed by atoms with Crippen molar-refractivity contribution in [2.45, 2.75) is 18.5 Å². The highest BCUT2D eigenvalue weighted by Gasteiger charge is 2.43. The van der Waals surface area contributed by atoms with Gasteiger partial charge < -0.3 is 25.5 Å². The van der Waals surface area contributed by atoms with E-state index in [0.717, 1.165) is 11.3 Å². The molecule has 19 heavy (non-hydrogen) atoms. The fourth-order valence-corrected chi connectivity index (χ4v) is 2.30. The van der Waals surface area contributed by atoms with Gasteiger partial charge in [0.05, 0.1) is 13.2 Å². The van der Waals surface area contributed by atoms with Crippen molar-refractivity contribution in [1.29, 1.82) is 0 Å². The Morgan fingerprint density at radius 3 is 2.89 bits per heavy atom. The van der Waals surface area contributed by atoms with Gasteiger partial charge in [-0.2, -0.15) is 0 Å². The first-order chi connectivity index (χ1) is 9.02. The SMILES string of the molecule is O=C(NCc1csc(=O)[nH]1)NC1(C(=O)O)CCOC1. The molecule has 1 unspecified atom stereocenters. The lowest BCUT2D eigenvalue weighted by Gasteiger charge is -2.23. The Kier molecular flexibility index (Phi) is 3.86. The number of carbonyl (C=O) groups excluding carboxylic acids is 1. The van der Waals surface area contributed by atoms with Gasteiger partial charge in [0.2, 0.25) is 0 Å². The van der Waals surface area contributed by atoms with Crippen LogP contribution in [0.2, 0.25) is 0 Å². The predicted molar refractivity (Wildman–Crippen MR) is 66.1 cm³/mol. The van der Waals surface area contributed by atoms with Crippen LogP contribution in [0.4, 0.5) is 4.79 Å². The molecule has 104 valence electrons. The Balaban J connectivity index is 1.90. The van der Waals surface area contributed by atoms with Crippen molar-refractivity contribution < 1.29 is 19.4 Å². The molecule has 1 fully saturated rings. The molecule has 0 spiro atoms. The minimum atomic E-state index is -1.37. The molecular weight excluding hydrogens is 274 g/mol. The molecule has 4 N–H and O–H groups in total. The second-order valence-corrected chi connectivity index (χ2v) is 5.01. The summed E-state index contributed by atoms with van der Waals surface area (Å²) in [5.41, 5.74) is -0.802. The average Bonchev–Trinajstić information content (AvgIpc) is 2.97. The van der Waals surface area contributed by atoms with E-state index in [9.17, 15) is 14.4 Å². The summed E-state index contributed by atoms with van der Waals surface area (Å²) in [6.07, 6.45) is 0.227. The van der Waals surface area contributed by atoms with Crippen molar-refractivity contribution in [2.75, 3.05) is 13.2 Å². The predicted octanol–water partition coefficient (Wildman–Crippen LogP) is -0.521. The number of carbonyl (C=O) groups is 2. The fraction of sp³-hybridized carbons (Fsp3) is 0.500. The zero-order valence-electron chi connectivity index (χ0n) is 9.89. The number of amides is 2. The quantitative estimate of drug-likeness (QED) is 0.594. The van der Waals surface area contributed by atoms with Crippen LogP contribution in [0, 0.1) is 0 Å². The Labute approximate surface area is 111 Å². The normalized spacial score (nSPS) is 22.1. The van der Waals surface area contributed by atoms with Gasteiger partial charge in [0.1, 0.15) is 0 Å². The number of aliphatic carboxylic acids is 1. The molecule has 0 saturated carbocycles. The summed E-state index contributed by atoms with van der Waals surface area (Å²) in [6.45, 7) is 0.372. The van der Waals surface area contributed by atoms with E-state index in [1.54, 1.807) is 5.38 Å². The summed E-state index contributed by atoms with van der Waals surface area (Å²) in [4.78, 5) is 36.1. The van der Waals surface area contributed by atoms with Crippen molar-refractivity contribution in [3.63, 3.8) is 0 Å². The van der Waals surface area contributed by atoms with Crippen molar-refractivity contribution in [1.82, 2.24) is 15.6 Å². The number of ether oxygens (including phenoxy) is 1. The highest BCUT2D eigenvalue weighted by atomic mass is 32.1. The molecule has 1 aliphatic heterocycles. The molecule has 0 aromatic carbocycles. The maximum atomic E-state index is 11.7. The average molecular weight is 287 g/mol. The molecule has 0 bridgehead atoms. The molecule has 1 aromatic rings. The maximum Gasteiger partial charge on any atom is 0.332 e. The monoisotopic (exact) mass is 287 g/mol. The molecule has 1 aliphatic rings. The van der Waals surface area contributed by atoms with Crippen LogP contribution < -0.4 is 15.5 Å². The van der Waals surface area contributed by atoms with E-state index >= 15 is 0 Å². The van der Waals surface area contributed by atoms with Crippen molar-refractivity contribution >= 4 is 23.3 Å². The van der Waals surface area contributed by atoms with Crippen LogP contribution in [0.25, 0.3) is 0 Å². The van der Waals surface area contributed by atoms with Crippen LogP contribution in [0.15, 0.2) is 10.2 Å². The highest BCUT2D eigenvalue weighted by molar-refractivity contribution is 7.07. The van der Waals surface area contributed by atoms with Crippen LogP contribution in [-0.2, 0) is 16.1 Å². The summed E-state index contributed by atoms with van der Waals surface area (Å²) >= 11 is 0.996. The molecule has 8 nitrogen and oxygen atoms in total. The van der Waals surface area contributed by atoms with Gasteiger partial charge in [-0.3, -0.25) is 4.79 Å². The number of urea groups is 1. The highest BCUT2D eigenvalue weighted by Crippen LogP contribution is 2.18. The van der Waals surface area contributed by atoms with Gasteiger partial charge >= 0.3 is 16.9 Å².